The molecule has 0 amide bonds. The van der Waals surface area contributed by atoms with Gasteiger partial charge in [-0.15, -0.1) is 0 Å². The monoisotopic (exact) mass is 211 g/mol. The predicted molar refractivity (Wildman–Crippen MR) is 68.3 cm³/mol. The van der Waals surface area contributed by atoms with E-state index in [2.05, 4.69) is 18.7 Å². The second kappa shape index (κ2) is 8.15. The van der Waals surface area contributed by atoms with Crippen molar-refractivity contribution in [1.29, 1.82) is 0 Å². The third-order valence-electron chi connectivity index (χ3n) is 3.77. The highest BCUT2D eigenvalue weighted by Crippen LogP contribution is 2.20. The lowest BCUT2D eigenvalue weighted by Crippen LogP contribution is -2.29. The first-order valence-corrected chi connectivity index (χ1v) is 7.12. The summed E-state index contributed by atoms with van der Waals surface area (Å²) in [5.74, 6) is 0. The van der Waals surface area contributed by atoms with Crippen molar-refractivity contribution < 1.29 is 0 Å². The molecule has 90 valence electrons. The number of hydrogen-bond acceptors (Lipinski definition) is 1. The van der Waals surface area contributed by atoms with E-state index in [1.54, 1.807) is 0 Å². The van der Waals surface area contributed by atoms with Crippen molar-refractivity contribution in [2.45, 2.75) is 77.7 Å². The Balaban J connectivity index is 1.95. The minimum Gasteiger partial charge on any atom is -0.300 e. The normalized spacial score (nSPS) is 22.4. The van der Waals surface area contributed by atoms with Gasteiger partial charge in [-0.25, -0.2) is 0 Å². The Bertz CT molecular complexity index is 144. The third kappa shape index (κ3) is 5.01. The molecule has 0 N–H and O–H groups in total. The Hall–Kier alpha value is -0.0400. The number of unbranched alkanes of at least 4 members (excludes halogenated alkanes) is 5. The van der Waals surface area contributed by atoms with Gasteiger partial charge in [-0.05, 0) is 38.8 Å². The van der Waals surface area contributed by atoms with Crippen LogP contribution in [0.3, 0.4) is 0 Å². The molecule has 0 aliphatic carbocycles. The molecule has 1 saturated heterocycles. The highest BCUT2D eigenvalue weighted by Gasteiger charge is 2.21. The van der Waals surface area contributed by atoms with Crippen molar-refractivity contribution in [3.8, 4) is 0 Å². The minimum absolute atomic E-state index is 0.917. The molecular weight excluding hydrogens is 182 g/mol. The number of hydrogen-bond donors (Lipinski definition) is 0. The zero-order valence-electron chi connectivity index (χ0n) is 10.8. The van der Waals surface area contributed by atoms with Gasteiger partial charge in [-0.2, -0.15) is 0 Å². The van der Waals surface area contributed by atoms with Gasteiger partial charge in [0.05, 0.1) is 0 Å². The summed E-state index contributed by atoms with van der Waals surface area (Å²) in [7, 11) is 0. The molecule has 1 rings (SSSR count). The molecular formula is C14H29N. The van der Waals surface area contributed by atoms with Crippen molar-refractivity contribution in [2.24, 2.45) is 0 Å². The summed E-state index contributed by atoms with van der Waals surface area (Å²) >= 11 is 0. The molecule has 0 aromatic carbocycles. The van der Waals surface area contributed by atoms with E-state index in [1.807, 2.05) is 0 Å². The van der Waals surface area contributed by atoms with Crippen molar-refractivity contribution in [2.75, 3.05) is 13.1 Å². The van der Waals surface area contributed by atoms with E-state index >= 15 is 0 Å². The molecule has 0 aromatic heterocycles. The molecule has 1 aliphatic heterocycles. The molecule has 0 aromatic rings. The summed E-state index contributed by atoms with van der Waals surface area (Å²) in [5, 5.41) is 0. The summed E-state index contributed by atoms with van der Waals surface area (Å²) in [6, 6.07) is 0.917. The first-order chi connectivity index (χ1) is 7.38. The Morgan fingerprint density at radius 2 is 1.73 bits per heavy atom. The van der Waals surface area contributed by atoms with Gasteiger partial charge in [0, 0.05) is 6.04 Å². The van der Waals surface area contributed by atoms with Crippen molar-refractivity contribution >= 4 is 0 Å². The zero-order valence-corrected chi connectivity index (χ0v) is 10.8. The van der Waals surface area contributed by atoms with Gasteiger partial charge in [0.15, 0.2) is 0 Å². The number of nitrogens with zero attached hydrogens (tertiary/aromatic N) is 1. The van der Waals surface area contributed by atoms with Gasteiger partial charge < -0.3 is 4.90 Å². The topological polar surface area (TPSA) is 3.24 Å². The van der Waals surface area contributed by atoms with E-state index < -0.39 is 0 Å². The average Bonchev–Trinajstić information content (AvgIpc) is 2.70. The fraction of sp³-hybridized carbons (Fsp3) is 1.00. The quantitative estimate of drug-likeness (QED) is 0.543. The van der Waals surface area contributed by atoms with Gasteiger partial charge in [-0.3, -0.25) is 0 Å². The summed E-state index contributed by atoms with van der Waals surface area (Å²) in [6.07, 6.45) is 12.8. The molecule has 1 atom stereocenters. The van der Waals surface area contributed by atoms with Crippen LogP contribution in [0.25, 0.3) is 0 Å². The maximum Gasteiger partial charge on any atom is 0.00931 e. The molecule has 1 heterocycles. The summed E-state index contributed by atoms with van der Waals surface area (Å²) < 4.78 is 0. The van der Waals surface area contributed by atoms with E-state index in [0.717, 1.165) is 6.04 Å². The average molecular weight is 211 g/mol. The van der Waals surface area contributed by atoms with Crippen molar-refractivity contribution in [3.05, 3.63) is 0 Å². The lowest BCUT2D eigenvalue weighted by atomic mass is 10.1. The first kappa shape index (κ1) is 13.0. The van der Waals surface area contributed by atoms with Gasteiger partial charge in [0.2, 0.25) is 0 Å². The van der Waals surface area contributed by atoms with Crippen LogP contribution in [0.4, 0.5) is 0 Å². The van der Waals surface area contributed by atoms with Crippen LogP contribution in [0.15, 0.2) is 0 Å². The van der Waals surface area contributed by atoms with Gasteiger partial charge >= 0.3 is 0 Å². The minimum atomic E-state index is 0.917. The molecule has 1 aliphatic rings. The van der Waals surface area contributed by atoms with Crippen LogP contribution in [-0.4, -0.2) is 24.0 Å². The van der Waals surface area contributed by atoms with E-state index in [9.17, 15) is 0 Å². The second-order valence-electron chi connectivity index (χ2n) is 5.01. The smallest absolute Gasteiger partial charge is 0.00931 e. The standard InChI is InChI=1S/C14H29N/c1-3-5-6-7-8-9-12-15-13-10-11-14(15)4-2/h14H,3-13H2,1-2H3. The molecule has 15 heavy (non-hydrogen) atoms. The van der Waals surface area contributed by atoms with Crippen LogP contribution in [0, 0.1) is 0 Å². The Morgan fingerprint density at radius 3 is 2.47 bits per heavy atom. The Kier molecular flexibility index (Phi) is 7.08. The van der Waals surface area contributed by atoms with Crippen molar-refractivity contribution in [1.82, 2.24) is 4.90 Å². The summed E-state index contributed by atoms with van der Waals surface area (Å²) in [4.78, 5) is 2.72. The molecule has 0 radical (unpaired) electrons. The van der Waals surface area contributed by atoms with Crippen molar-refractivity contribution in [3.63, 3.8) is 0 Å². The molecule has 0 spiro atoms. The molecule has 0 saturated carbocycles. The maximum absolute atomic E-state index is 2.72. The van der Waals surface area contributed by atoms with Crippen LogP contribution in [-0.2, 0) is 0 Å². The maximum atomic E-state index is 2.72. The summed E-state index contributed by atoms with van der Waals surface area (Å²) in [5.41, 5.74) is 0. The van der Waals surface area contributed by atoms with E-state index in [0.29, 0.717) is 0 Å². The van der Waals surface area contributed by atoms with E-state index in [4.69, 9.17) is 0 Å². The summed E-state index contributed by atoms with van der Waals surface area (Å²) in [6.45, 7) is 7.36. The predicted octanol–water partition coefficient (Wildman–Crippen LogP) is 4.22. The van der Waals surface area contributed by atoms with Crippen LogP contribution in [0.1, 0.15) is 71.6 Å². The molecule has 1 nitrogen and oxygen atoms in total. The van der Waals surface area contributed by atoms with E-state index in [-0.39, 0.29) is 0 Å². The van der Waals surface area contributed by atoms with Crippen LogP contribution in [0.5, 0.6) is 0 Å². The highest BCUT2D eigenvalue weighted by molar-refractivity contribution is 4.77. The zero-order chi connectivity index (χ0) is 10.9. The Morgan fingerprint density at radius 1 is 1.00 bits per heavy atom. The second-order valence-corrected chi connectivity index (χ2v) is 5.01. The molecule has 1 heteroatoms. The molecule has 1 fully saturated rings. The number of likely N-dealkylation sites (tertiary alicyclic amines) is 1. The third-order valence-corrected chi connectivity index (χ3v) is 3.77. The van der Waals surface area contributed by atoms with Gasteiger partial charge in [-0.1, -0.05) is 46.0 Å². The lowest BCUT2D eigenvalue weighted by Gasteiger charge is -2.22. The van der Waals surface area contributed by atoms with Crippen LogP contribution < -0.4 is 0 Å². The molecule has 1 unspecified atom stereocenters. The number of rotatable bonds is 8. The SMILES string of the molecule is CCCCCCCCN1CCCC1CC. The van der Waals surface area contributed by atoms with Crippen LogP contribution >= 0.6 is 0 Å². The largest absolute Gasteiger partial charge is 0.300 e. The lowest BCUT2D eigenvalue weighted by molar-refractivity contribution is 0.242. The fourth-order valence-electron chi connectivity index (χ4n) is 2.75. The first-order valence-electron chi connectivity index (χ1n) is 7.12. The van der Waals surface area contributed by atoms with Gasteiger partial charge in [0.25, 0.3) is 0 Å². The fourth-order valence-corrected chi connectivity index (χ4v) is 2.75. The van der Waals surface area contributed by atoms with E-state index in [1.165, 1.54) is 70.9 Å². The highest BCUT2D eigenvalue weighted by atomic mass is 15.2. The molecule has 0 bridgehead atoms. The Labute approximate surface area is 96.2 Å². The van der Waals surface area contributed by atoms with Crippen LogP contribution in [0.2, 0.25) is 0 Å². The van der Waals surface area contributed by atoms with Gasteiger partial charge in [0.1, 0.15) is 0 Å².